The van der Waals surface area contributed by atoms with Crippen LogP contribution in [0.4, 0.5) is 13.2 Å². The Morgan fingerprint density at radius 3 is 2.54 bits per heavy atom. The average Bonchev–Trinajstić information content (AvgIpc) is 2.51. The Labute approximate surface area is 137 Å². The summed E-state index contributed by atoms with van der Waals surface area (Å²) in [5, 5.41) is 8.76. The van der Waals surface area contributed by atoms with Gasteiger partial charge in [-0.3, -0.25) is 9.59 Å². The minimum absolute atomic E-state index is 0.00942. The smallest absolute Gasteiger partial charge is 0.396 e. The first kappa shape index (κ1) is 18.3. The normalized spacial score (nSPS) is 19.8. The highest BCUT2D eigenvalue weighted by atomic mass is 19.4. The lowest BCUT2D eigenvalue weighted by Gasteiger charge is -2.33. The highest BCUT2D eigenvalue weighted by Gasteiger charge is 2.42. The predicted molar refractivity (Wildman–Crippen MR) is 78.4 cm³/mol. The first-order valence-electron chi connectivity index (χ1n) is 7.50. The number of nitrogens with zero attached hydrogens (tertiary/aromatic N) is 1. The summed E-state index contributed by atoms with van der Waals surface area (Å²) in [6.07, 6.45) is -6.22. The molecule has 1 aromatic carbocycles. The largest absolute Gasteiger partial charge is 0.481 e. The third-order valence-electron chi connectivity index (χ3n) is 3.87. The standard InChI is InChI=1S/C16H18F3NO4/c17-16(18,19)13(11-4-2-1-3-5-11)9-14(21)20-6-7-24-12(10-20)8-15(22)23/h1-5,12-13H,6-10H2,(H,22,23). The molecule has 1 aromatic rings. The molecular weight excluding hydrogens is 327 g/mol. The number of ether oxygens (including phenoxy) is 1. The molecule has 5 nitrogen and oxygen atoms in total. The molecule has 1 N–H and O–H groups in total. The van der Waals surface area contributed by atoms with Crippen LogP contribution in [-0.4, -0.2) is 53.9 Å². The van der Waals surface area contributed by atoms with Gasteiger partial charge in [-0.05, 0) is 5.56 Å². The molecule has 1 amide bonds. The minimum Gasteiger partial charge on any atom is -0.481 e. The topological polar surface area (TPSA) is 66.8 Å². The maximum absolute atomic E-state index is 13.3. The van der Waals surface area contributed by atoms with Crippen molar-refractivity contribution in [2.75, 3.05) is 19.7 Å². The van der Waals surface area contributed by atoms with Crippen molar-refractivity contribution in [3.63, 3.8) is 0 Å². The molecular formula is C16H18F3NO4. The fraction of sp³-hybridized carbons (Fsp3) is 0.500. The van der Waals surface area contributed by atoms with Gasteiger partial charge in [-0.15, -0.1) is 0 Å². The molecule has 0 bridgehead atoms. The third-order valence-corrected chi connectivity index (χ3v) is 3.87. The third kappa shape index (κ3) is 4.95. The molecule has 8 heteroatoms. The molecule has 1 aliphatic rings. The second-order valence-corrected chi connectivity index (χ2v) is 5.64. The zero-order valence-electron chi connectivity index (χ0n) is 12.8. The van der Waals surface area contributed by atoms with Crippen LogP contribution in [0.3, 0.4) is 0 Å². The molecule has 2 atom stereocenters. The summed E-state index contributed by atoms with van der Waals surface area (Å²) in [5.41, 5.74) is 0.0358. The van der Waals surface area contributed by atoms with Crippen LogP contribution in [0.5, 0.6) is 0 Å². The van der Waals surface area contributed by atoms with Crippen molar-refractivity contribution in [1.29, 1.82) is 0 Å². The number of alkyl halides is 3. The monoisotopic (exact) mass is 345 g/mol. The van der Waals surface area contributed by atoms with Gasteiger partial charge in [0.25, 0.3) is 0 Å². The fourth-order valence-electron chi connectivity index (χ4n) is 2.68. The van der Waals surface area contributed by atoms with Gasteiger partial charge >= 0.3 is 12.1 Å². The van der Waals surface area contributed by atoms with Crippen molar-refractivity contribution in [2.24, 2.45) is 0 Å². The maximum Gasteiger partial charge on any atom is 0.396 e. The highest BCUT2D eigenvalue weighted by Crippen LogP contribution is 2.37. The zero-order chi connectivity index (χ0) is 17.7. The van der Waals surface area contributed by atoms with Gasteiger partial charge in [0.15, 0.2) is 0 Å². The lowest BCUT2D eigenvalue weighted by atomic mass is 9.94. The van der Waals surface area contributed by atoms with Crippen LogP contribution in [0.2, 0.25) is 0 Å². The van der Waals surface area contributed by atoms with Crippen LogP contribution >= 0.6 is 0 Å². The Hall–Kier alpha value is -2.09. The summed E-state index contributed by atoms with van der Waals surface area (Å²) >= 11 is 0. The molecule has 0 aliphatic carbocycles. The minimum atomic E-state index is -4.54. The van der Waals surface area contributed by atoms with E-state index in [0.29, 0.717) is 0 Å². The number of carbonyl (C=O) groups excluding carboxylic acids is 1. The number of carboxylic acids is 1. The van der Waals surface area contributed by atoms with E-state index in [2.05, 4.69) is 0 Å². The number of carbonyl (C=O) groups is 2. The number of hydrogen-bond acceptors (Lipinski definition) is 3. The van der Waals surface area contributed by atoms with Crippen LogP contribution in [-0.2, 0) is 14.3 Å². The van der Waals surface area contributed by atoms with Crippen molar-refractivity contribution < 1.29 is 32.6 Å². The van der Waals surface area contributed by atoms with E-state index < -0.39 is 36.5 Å². The number of carboxylic acid groups (broad SMARTS) is 1. The number of benzene rings is 1. The second-order valence-electron chi connectivity index (χ2n) is 5.64. The van der Waals surface area contributed by atoms with Gasteiger partial charge in [-0.25, -0.2) is 0 Å². The van der Waals surface area contributed by atoms with E-state index >= 15 is 0 Å². The molecule has 24 heavy (non-hydrogen) atoms. The molecule has 1 heterocycles. The molecule has 0 aromatic heterocycles. The van der Waals surface area contributed by atoms with Crippen molar-refractivity contribution in [3.05, 3.63) is 35.9 Å². The zero-order valence-corrected chi connectivity index (χ0v) is 12.8. The van der Waals surface area contributed by atoms with Gasteiger partial charge in [0.1, 0.15) is 0 Å². The quantitative estimate of drug-likeness (QED) is 0.890. The summed E-state index contributed by atoms with van der Waals surface area (Å²) in [6.45, 7) is 0.268. The number of halogens is 3. The number of aliphatic carboxylic acids is 1. The van der Waals surface area contributed by atoms with Crippen LogP contribution in [0.25, 0.3) is 0 Å². The molecule has 1 fully saturated rings. The van der Waals surface area contributed by atoms with Crippen molar-refractivity contribution in [2.45, 2.75) is 31.0 Å². The van der Waals surface area contributed by atoms with E-state index in [1.54, 1.807) is 6.07 Å². The van der Waals surface area contributed by atoms with Gasteiger partial charge in [-0.2, -0.15) is 13.2 Å². The lowest BCUT2D eigenvalue weighted by molar-refractivity contribution is -0.163. The molecule has 1 saturated heterocycles. The Bertz CT molecular complexity index is 576. The van der Waals surface area contributed by atoms with Gasteiger partial charge in [0, 0.05) is 19.5 Å². The molecule has 132 valence electrons. The van der Waals surface area contributed by atoms with Crippen molar-refractivity contribution in [1.82, 2.24) is 4.90 Å². The van der Waals surface area contributed by atoms with Crippen molar-refractivity contribution >= 4 is 11.9 Å². The van der Waals surface area contributed by atoms with Crippen LogP contribution in [0, 0.1) is 0 Å². The second kappa shape index (κ2) is 7.65. The summed E-state index contributed by atoms with van der Waals surface area (Å²) in [6, 6.07) is 7.29. The van der Waals surface area contributed by atoms with E-state index in [4.69, 9.17) is 9.84 Å². The molecule has 2 unspecified atom stereocenters. The van der Waals surface area contributed by atoms with E-state index in [9.17, 15) is 22.8 Å². The molecule has 0 radical (unpaired) electrons. The van der Waals surface area contributed by atoms with E-state index in [1.807, 2.05) is 0 Å². The molecule has 2 rings (SSSR count). The number of amides is 1. The first-order chi connectivity index (χ1) is 11.3. The number of morpholine rings is 1. The Morgan fingerprint density at radius 1 is 1.29 bits per heavy atom. The first-order valence-corrected chi connectivity index (χ1v) is 7.50. The number of rotatable bonds is 5. The summed E-state index contributed by atoms with van der Waals surface area (Å²) in [5.74, 6) is -3.61. The van der Waals surface area contributed by atoms with Crippen LogP contribution < -0.4 is 0 Å². The molecule has 0 spiro atoms. The average molecular weight is 345 g/mol. The summed E-state index contributed by atoms with van der Waals surface area (Å²) in [7, 11) is 0. The van der Waals surface area contributed by atoms with E-state index in [1.165, 1.54) is 29.2 Å². The van der Waals surface area contributed by atoms with Gasteiger partial charge in [0.05, 0.1) is 25.0 Å². The molecule has 1 aliphatic heterocycles. The molecule has 0 saturated carbocycles. The van der Waals surface area contributed by atoms with Crippen LogP contribution in [0.1, 0.15) is 24.3 Å². The lowest BCUT2D eigenvalue weighted by Crippen LogP contribution is -2.47. The summed E-state index contributed by atoms with van der Waals surface area (Å²) < 4.78 is 45.2. The highest BCUT2D eigenvalue weighted by molar-refractivity contribution is 5.77. The maximum atomic E-state index is 13.3. The Morgan fingerprint density at radius 2 is 1.96 bits per heavy atom. The van der Waals surface area contributed by atoms with Crippen molar-refractivity contribution in [3.8, 4) is 0 Å². The summed E-state index contributed by atoms with van der Waals surface area (Å²) in [4.78, 5) is 24.2. The van der Waals surface area contributed by atoms with Gasteiger partial charge < -0.3 is 14.7 Å². The fourth-order valence-corrected chi connectivity index (χ4v) is 2.68. The predicted octanol–water partition coefficient (Wildman–Crippen LogP) is 2.42. The Balaban J connectivity index is 2.06. The number of hydrogen-bond donors (Lipinski definition) is 1. The van der Waals surface area contributed by atoms with E-state index in [-0.39, 0.29) is 31.7 Å². The Kier molecular flexibility index (Phi) is 5.82. The van der Waals surface area contributed by atoms with Crippen LogP contribution in [0.15, 0.2) is 30.3 Å². The van der Waals surface area contributed by atoms with Gasteiger partial charge in [-0.1, -0.05) is 30.3 Å². The van der Waals surface area contributed by atoms with Gasteiger partial charge in [0.2, 0.25) is 5.91 Å². The van der Waals surface area contributed by atoms with E-state index in [0.717, 1.165) is 0 Å². The SMILES string of the molecule is O=C(O)CC1CN(C(=O)CC(c2ccccc2)C(F)(F)F)CCO1.